The lowest BCUT2D eigenvalue weighted by Gasteiger charge is -2.07. The zero-order chi connectivity index (χ0) is 14.0. The zero-order valence-electron chi connectivity index (χ0n) is 9.43. The Morgan fingerprint density at radius 1 is 1.16 bits per heavy atom. The Bertz CT molecular complexity index is 698. The van der Waals surface area contributed by atoms with Crippen molar-refractivity contribution in [3.05, 3.63) is 45.3 Å². The van der Waals surface area contributed by atoms with Gasteiger partial charge in [0.15, 0.2) is 0 Å². The van der Waals surface area contributed by atoms with Gasteiger partial charge in [-0.05, 0) is 30.3 Å². The molecule has 4 nitrogen and oxygen atoms in total. The first-order valence-electron chi connectivity index (χ1n) is 5.10. The summed E-state index contributed by atoms with van der Waals surface area (Å²) in [6, 6.07) is 7.47. The number of hydrogen-bond donors (Lipinski definition) is 2. The van der Waals surface area contributed by atoms with Crippen LogP contribution in [0.4, 0.5) is 5.69 Å². The number of anilines is 1. The van der Waals surface area contributed by atoms with Crippen molar-refractivity contribution < 1.29 is 13.5 Å². The fourth-order valence-electron chi connectivity index (χ4n) is 1.35. The summed E-state index contributed by atoms with van der Waals surface area (Å²) in [7, 11) is -3.68. The van der Waals surface area contributed by atoms with Crippen molar-refractivity contribution in [2.24, 2.45) is 0 Å². The summed E-state index contributed by atoms with van der Waals surface area (Å²) in [5.74, 6) is 0. The van der Waals surface area contributed by atoms with E-state index in [1.165, 1.54) is 24.3 Å². The van der Waals surface area contributed by atoms with Gasteiger partial charge in [0, 0.05) is 4.88 Å². The van der Waals surface area contributed by atoms with Gasteiger partial charge in [0.2, 0.25) is 0 Å². The van der Waals surface area contributed by atoms with E-state index in [0.717, 1.165) is 11.3 Å². The quantitative estimate of drug-likeness (QED) is 0.898. The molecule has 0 unspecified atom stereocenters. The van der Waals surface area contributed by atoms with E-state index in [9.17, 15) is 8.42 Å². The number of aliphatic hydroxyl groups is 1. The third-order valence-electron chi connectivity index (χ3n) is 2.23. The van der Waals surface area contributed by atoms with Crippen LogP contribution in [-0.4, -0.2) is 13.5 Å². The molecule has 2 rings (SSSR count). The predicted molar refractivity (Wildman–Crippen MR) is 77.5 cm³/mol. The average molecular weight is 338 g/mol. The van der Waals surface area contributed by atoms with Crippen LogP contribution in [0, 0.1) is 0 Å². The number of thiophene rings is 1. The van der Waals surface area contributed by atoms with Crippen molar-refractivity contribution in [3.8, 4) is 0 Å². The minimum atomic E-state index is -3.68. The molecule has 0 fully saturated rings. The summed E-state index contributed by atoms with van der Waals surface area (Å²) in [5.41, 5.74) is 0.327. The second-order valence-corrected chi connectivity index (χ2v) is 7.51. The number of benzene rings is 1. The van der Waals surface area contributed by atoms with Gasteiger partial charge in [-0.15, -0.1) is 11.3 Å². The second kappa shape index (κ2) is 5.68. The molecule has 102 valence electrons. The summed E-state index contributed by atoms with van der Waals surface area (Å²) in [6.07, 6.45) is 0. The van der Waals surface area contributed by atoms with E-state index in [4.69, 9.17) is 28.3 Å². The topological polar surface area (TPSA) is 66.4 Å². The molecule has 0 amide bonds. The fraction of sp³-hybridized carbons (Fsp3) is 0.0909. The number of aliphatic hydroxyl groups excluding tert-OH is 1. The molecule has 0 aliphatic carbocycles. The Morgan fingerprint density at radius 3 is 2.47 bits per heavy atom. The van der Waals surface area contributed by atoms with E-state index in [1.807, 2.05) is 0 Å². The average Bonchev–Trinajstić information content (AvgIpc) is 2.83. The van der Waals surface area contributed by atoms with Crippen LogP contribution in [0.3, 0.4) is 0 Å². The molecule has 1 aromatic carbocycles. The summed E-state index contributed by atoms with van der Waals surface area (Å²) in [6.45, 7) is -0.188. The van der Waals surface area contributed by atoms with Crippen LogP contribution in [0.1, 0.15) is 4.88 Å². The predicted octanol–water partition coefficient (Wildman–Crippen LogP) is 3.35. The minimum Gasteiger partial charge on any atom is -0.391 e. The van der Waals surface area contributed by atoms with Crippen LogP contribution in [0.5, 0.6) is 0 Å². The van der Waals surface area contributed by atoms with Crippen LogP contribution < -0.4 is 4.72 Å². The lowest BCUT2D eigenvalue weighted by molar-refractivity contribution is 0.285. The second-order valence-electron chi connectivity index (χ2n) is 3.61. The number of rotatable bonds is 4. The summed E-state index contributed by atoms with van der Waals surface area (Å²) in [4.78, 5) is 0.578. The number of sulfonamides is 1. The normalized spacial score (nSPS) is 11.5. The highest BCUT2D eigenvalue weighted by Crippen LogP contribution is 2.28. The Labute approximate surface area is 124 Å². The third kappa shape index (κ3) is 3.40. The van der Waals surface area contributed by atoms with E-state index < -0.39 is 10.0 Å². The Balaban J connectivity index is 2.28. The summed E-state index contributed by atoms with van der Waals surface area (Å²) in [5, 5.41) is 9.55. The highest BCUT2D eigenvalue weighted by atomic mass is 35.5. The molecule has 0 spiro atoms. The maximum atomic E-state index is 12.1. The zero-order valence-corrected chi connectivity index (χ0v) is 12.6. The largest absolute Gasteiger partial charge is 0.391 e. The van der Waals surface area contributed by atoms with Crippen molar-refractivity contribution in [2.75, 3.05) is 4.72 Å². The van der Waals surface area contributed by atoms with Crippen LogP contribution in [0.25, 0.3) is 0 Å². The molecule has 0 saturated carbocycles. The smallest absolute Gasteiger partial charge is 0.271 e. The van der Waals surface area contributed by atoms with Crippen LogP contribution in [0.15, 0.2) is 34.5 Å². The molecule has 0 aliphatic heterocycles. The van der Waals surface area contributed by atoms with Crippen molar-refractivity contribution >= 4 is 50.2 Å². The molecule has 0 bridgehead atoms. The van der Waals surface area contributed by atoms with Crippen molar-refractivity contribution in [1.82, 2.24) is 0 Å². The Hall–Kier alpha value is -0.790. The van der Waals surface area contributed by atoms with E-state index in [2.05, 4.69) is 4.72 Å². The number of hydrogen-bond acceptors (Lipinski definition) is 4. The molecule has 0 saturated heterocycles. The number of halogens is 2. The maximum Gasteiger partial charge on any atom is 0.271 e. The van der Waals surface area contributed by atoms with E-state index in [0.29, 0.717) is 15.6 Å². The molecule has 2 aromatic rings. The number of nitrogens with one attached hydrogen (secondary N) is 1. The van der Waals surface area contributed by atoms with Gasteiger partial charge in [-0.2, -0.15) is 0 Å². The Morgan fingerprint density at radius 2 is 1.89 bits per heavy atom. The molecule has 19 heavy (non-hydrogen) atoms. The molecule has 1 heterocycles. The van der Waals surface area contributed by atoms with Gasteiger partial charge < -0.3 is 5.11 Å². The van der Waals surface area contributed by atoms with E-state index in [1.54, 1.807) is 6.07 Å². The van der Waals surface area contributed by atoms with Crippen LogP contribution in [-0.2, 0) is 16.6 Å². The monoisotopic (exact) mass is 337 g/mol. The SMILES string of the molecule is O=S(=O)(Nc1ccc(Cl)c(Cl)c1)c1ccc(CO)s1. The first-order chi connectivity index (χ1) is 8.92. The van der Waals surface area contributed by atoms with E-state index in [-0.39, 0.29) is 15.8 Å². The summed E-state index contributed by atoms with van der Waals surface area (Å²) < 4.78 is 26.7. The van der Waals surface area contributed by atoms with Gasteiger partial charge in [-0.3, -0.25) is 4.72 Å². The maximum absolute atomic E-state index is 12.1. The third-order valence-corrected chi connectivity index (χ3v) is 5.91. The van der Waals surface area contributed by atoms with Crippen LogP contribution >= 0.6 is 34.5 Å². The molecule has 1 aromatic heterocycles. The fourth-order valence-corrected chi connectivity index (χ4v) is 3.92. The van der Waals surface area contributed by atoms with Crippen molar-refractivity contribution in [3.63, 3.8) is 0 Å². The van der Waals surface area contributed by atoms with Crippen molar-refractivity contribution in [1.29, 1.82) is 0 Å². The minimum absolute atomic E-state index is 0.127. The lowest BCUT2D eigenvalue weighted by atomic mass is 10.3. The Kier molecular flexibility index (Phi) is 4.37. The van der Waals surface area contributed by atoms with Gasteiger partial charge in [0.25, 0.3) is 10.0 Å². The molecular weight excluding hydrogens is 329 g/mol. The highest BCUT2D eigenvalue weighted by Gasteiger charge is 2.17. The standard InChI is InChI=1S/C11H9Cl2NO3S2/c12-9-3-1-7(5-10(9)13)14-19(16,17)11-4-2-8(6-15)18-11/h1-5,14-15H,6H2. The molecule has 8 heteroatoms. The van der Waals surface area contributed by atoms with Gasteiger partial charge in [0.05, 0.1) is 22.3 Å². The first-order valence-corrected chi connectivity index (χ1v) is 8.15. The molecule has 0 radical (unpaired) electrons. The lowest BCUT2D eigenvalue weighted by Crippen LogP contribution is -2.11. The molecule has 0 aliphatic rings. The summed E-state index contributed by atoms with van der Waals surface area (Å²) >= 11 is 12.6. The van der Waals surface area contributed by atoms with Gasteiger partial charge in [-0.1, -0.05) is 23.2 Å². The molecule has 2 N–H and O–H groups in total. The van der Waals surface area contributed by atoms with Gasteiger partial charge in [0.1, 0.15) is 4.21 Å². The molecule has 0 atom stereocenters. The first kappa shape index (κ1) is 14.6. The van der Waals surface area contributed by atoms with Crippen LogP contribution in [0.2, 0.25) is 10.0 Å². The van der Waals surface area contributed by atoms with Gasteiger partial charge >= 0.3 is 0 Å². The van der Waals surface area contributed by atoms with E-state index >= 15 is 0 Å². The van der Waals surface area contributed by atoms with Gasteiger partial charge in [-0.25, -0.2) is 8.42 Å². The van der Waals surface area contributed by atoms with Crippen molar-refractivity contribution in [2.45, 2.75) is 10.8 Å². The highest BCUT2D eigenvalue weighted by molar-refractivity contribution is 7.94. The molecular formula is C11H9Cl2NO3S2.